The van der Waals surface area contributed by atoms with Crippen LogP contribution in [-0.2, 0) is 0 Å². The molecule has 2 unspecified atom stereocenters. The van der Waals surface area contributed by atoms with Crippen LogP contribution in [0.25, 0.3) is 0 Å². The second-order valence-electron chi connectivity index (χ2n) is 3.90. The highest BCUT2D eigenvalue weighted by Gasteiger charge is 2.10. The smallest absolute Gasteiger partial charge is 0.0987 e. The Balaban J connectivity index is 4.10. The first-order valence-electron chi connectivity index (χ1n) is 5.73. The van der Waals surface area contributed by atoms with Crippen molar-refractivity contribution in [2.24, 2.45) is 16.6 Å². The zero-order valence-corrected chi connectivity index (χ0v) is 10.2. The fourth-order valence-corrected chi connectivity index (χ4v) is 1.33. The summed E-state index contributed by atoms with van der Waals surface area (Å²) < 4.78 is 0. The predicted octanol–water partition coefficient (Wildman–Crippen LogP) is 0.702. The van der Waals surface area contributed by atoms with E-state index in [-0.39, 0.29) is 12.8 Å². The standard InChI is InChI=1S/C11H25N3O/c1-4-5-14(6-7-15)11(3)13-9-10(2)8-12/h9-11,15H,4-8,12H2,1-3H3. The van der Waals surface area contributed by atoms with Gasteiger partial charge in [-0.05, 0) is 26.4 Å². The van der Waals surface area contributed by atoms with Crippen molar-refractivity contribution < 1.29 is 5.11 Å². The van der Waals surface area contributed by atoms with Gasteiger partial charge in [0.1, 0.15) is 0 Å². The van der Waals surface area contributed by atoms with E-state index in [1.807, 2.05) is 20.1 Å². The van der Waals surface area contributed by atoms with Crippen LogP contribution < -0.4 is 5.73 Å². The molecule has 3 N–H and O–H groups in total. The fraction of sp³-hybridized carbons (Fsp3) is 0.909. The van der Waals surface area contributed by atoms with Crippen LogP contribution in [0.2, 0.25) is 0 Å². The third-order valence-corrected chi connectivity index (χ3v) is 2.35. The first-order chi connectivity index (χ1) is 7.15. The van der Waals surface area contributed by atoms with Crippen LogP contribution in [0.1, 0.15) is 27.2 Å². The van der Waals surface area contributed by atoms with Gasteiger partial charge in [0.2, 0.25) is 0 Å². The van der Waals surface area contributed by atoms with E-state index in [1.54, 1.807) is 0 Å². The van der Waals surface area contributed by atoms with Crippen molar-refractivity contribution >= 4 is 6.21 Å². The summed E-state index contributed by atoms with van der Waals surface area (Å²) in [6.07, 6.45) is 3.11. The van der Waals surface area contributed by atoms with E-state index < -0.39 is 0 Å². The van der Waals surface area contributed by atoms with Crippen LogP contribution in [0.15, 0.2) is 4.99 Å². The van der Waals surface area contributed by atoms with Crippen LogP contribution >= 0.6 is 0 Å². The maximum Gasteiger partial charge on any atom is 0.0987 e. The van der Waals surface area contributed by atoms with Crippen LogP contribution in [0.5, 0.6) is 0 Å². The van der Waals surface area contributed by atoms with E-state index in [1.165, 1.54) is 0 Å². The molecule has 0 saturated carbocycles. The van der Waals surface area contributed by atoms with Crippen molar-refractivity contribution in [3.05, 3.63) is 0 Å². The molecule has 0 fully saturated rings. The maximum absolute atomic E-state index is 8.92. The van der Waals surface area contributed by atoms with Crippen LogP contribution in [0.4, 0.5) is 0 Å². The summed E-state index contributed by atoms with van der Waals surface area (Å²) in [6.45, 7) is 8.69. The average molecular weight is 215 g/mol. The Morgan fingerprint density at radius 2 is 2.07 bits per heavy atom. The molecule has 0 aliphatic carbocycles. The van der Waals surface area contributed by atoms with Crippen molar-refractivity contribution in [1.29, 1.82) is 0 Å². The SMILES string of the molecule is CCCN(CCO)C(C)N=CC(C)CN. The predicted molar refractivity (Wildman–Crippen MR) is 65.1 cm³/mol. The molecule has 0 bridgehead atoms. The average Bonchev–Trinajstić information content (AvgIpc) is 2.25. The molecule has 0 rings (SSSR count). The number of nitrogens with two attached hydrogens (primary N) is 1. The normalized spacial score (nSPS) is 16.1. The van der Waals surface area contributed by atoms with Crippen molar-refractivity contribution in [1.82, 2.24) is 4.90 Å². The van der Waals surface area contributed by atoms with Crippen LogP contribution in [0.3, 0.4) is 0 Å². The Labute approximate surface area is 93.2 Å². The molecule has 0 spiro atoms. The molecule has 0 aliphatic heterocycles. The number of rotatable bonds is 8. The molecular weight excluding hydrogens is 190 g/mol. The van der Waals surface area contributed by atoms with E-state index in [9.17, 15) is 0 Å². The Morgan fingerprint density at radius 3 is 2.53 bits per heavy atom. The second-order valence-corrected chi connectivity index (χ2v) is 3.90. The van der Waals surface area contributed by atoms with Gasteiger partial charge in [-0.1, -0.05) is 13.8 Å². The summed E-state index contributed by atoms with van der Waals surface area (Å²) in [6, 6.07) is 0. The van der Waals surface area contributed by atoms with Gasteiger partial charge in [0, 0.05) is 18.7 Å². The molecule has 90 valence electrons. The van der Waals surface area contributed by atoms with Gasteiger partial charge in [-0.25, -0.2) is 0 Å². The summed E-state index contributed by atoms with van der Waals surface area (Å²) in [5, 5.41) is 8.92. The van der Waals surface area contributed by atoms with Gasteiger partial charge in [0.15, 0.2) is 0 Å². The third kappa shape index (κ3) is 6.60. The molecular formula is C11H25N3O. The molecule has 0 aliphatic rings. The number of hydrogen-bond acceptors (Lipinski definition) is 4. The Bertz CT molecular complexity index is 167. The molecule has 0 heterocycles. The Morgan fingerprint density at radius 1 is 1.40 bits per heavy atom. The van der Waals surface area contributed by atoms with E-state index in [0.29, 0.717) is 19.0 Å². The summed E-state index contributed by atoms with van der Waals surface area (Å²) in [5.74, 6) is 0.324. The number of aliphatic hydroxyl groups is 1. The molecule has 0 saturated heterocycles. The molecule has 2 atom stereocenters. The molecule has 0 aromatic rings. The monoisotopic (exact) mass is 215 g/mol. The van der Waals surface area contributed by atoms with Gasteiger partial charge in [0.25, 0.3) is 0 Å². The van der Waals surface area contributed by atoms with Gasteiger partial charge in [-0.3, -0.25) is 9.89 Å². The largest absolute Gasteiger partial charge is 0.395 e. The highest BCUT2D eigenvalue weighted by Crippen LogP contribution is 2.02. The summed E-state index contributed by atoms with van der Waals surface area (Å²) in [5.41, 5.74) is 5.51. The van der Waals surface area contributed by atoms with Gasteiger partial charge in [-0.2, -0.15) is 0 Å². The maximum atomic E-state index is 8.92. The minimum Gasteiger partial charge on any atom is -0.395 e. The first-order valence-corrected chi connectivity index (χ1v) is 5.73. The van der Waals surface area contributed by atoms with Gasteiger partial charge < -0.3 is 10.8 Å². The Hall–Kier alpha value is -0.450. The summed E-state index contributed by atoms with van der Waals surface area (Å²) in [4.78, 5) is 6.61. The molecule has 0 aromatic carbocycles. The minimum absolute atomic E-state index is 0.131. The fourth-order valence-electron chi connectivity index (χ4n) is 1.33. The molecule has 0 radical (unpaired) electrons. The zero-order valence-electron chi connectivity index (χ0n) is 10.2. The lowest BCUT2D eigenvalue weighted by Crippen LogP contribution is -2.35. The highest BCUT2D eigenvalue weighted by atomic mass is 16.3. The molecule has 0 aromatic heterocycles. The van der Waals surface area contributed by atoms with Gasteiger partial charge in [0.05, 0.1) is 12.8 Å². The number of aliphatic hydroxyl groups excluding tert-OH is 1. The minimum atomic E-state index is 0.131. The van der Waals surface area contributed by atoms with Crippen molar-refractivity contribution in [3.8, 4) is 0 Å². The number of aliphatic imine (C=N–C) groups is 1. The molecule has 0 amide bonds. The molecule has 4 nitrogen and oxygen atoms in total. The first kappa shape index (κ1) is 14.6. The lowest BCUT2D eigenvalue weighted by atomic mass is 10.2. The van der Waals surface area contributed by atoms with E-state index in [0.717, 1.165) is 13.0 Å². The topological polar surface area (TPSA) is 61.8 Å². The lowest BCUT2D eigenvalue weighted by Gasteiger charge is -2.25. The van der Waals surface area contributed by atoms with E-state index in [2.05, 4.69) is 16.8 Å². The summed E-state index contributed by atoms with van der Waals surface area (Å²) in [7, 11) is 0. The van der Waals surface area contributed by atoms with E-state index >= 15 is 0 Å². The number of hydrogen-bond donors (Lipinski definition) is 2. The van der Waals surface area contributed by atoms with Crippen LogP contribution in [-0.4, -0.2) is 48.6 Å². The lowest BCUT2D eigenvalue weighted by molar-refractivity contribution is 0.162. The number of nitrogens with zero attached hydrogens (tertiary/aromatic N) is 2. The van der Waals surface area contributed by atoms with Crippen LogP contribution in [0, 0.1) is 5.92 Å². The second kappa shape index (κ2) is 8.83. The van der Waals surface area contributed by atoms with Crippen molar-refractivity contribution in [2.75, 3.05) is 26.2 Å². The van der Waals surface area contributed by atoms with Gasteiger partial charge in [-0.15, -0.1) is 0 Å². The van der Waals surface area contributed by atoms with E-state index in [4.69, 9.17) is 10.8 Å². The zero-order chi connectivity index (χ0) is 11.7. The quantitative estimate of drug-likeness (QED) is 0.586. The van der Waals surface area contributed by atoms with Crippen molar-refractivity contribution in [3.63, 3.8) is 0 Å². The Kier molecular flexibility index (Phi) is 8.56. The highest BCUT2D eigenvalue weighted by molar-refractivity contribution is 5.60. The molecule has 4 heteroatoms. The third-order valence-electron chi connectivity index (χ3n) is 2.35. The summed E-state index contributed by atoms with van der Waals surface area (Å²) >= 11 is 0. The van der Waals surface area contributed by atoms with Crippen molar-refractivity contribution in [2.45, 2.75) is 33.4 Å². The molecule has 15 heavy (non-hydrogen) atoms. The van der Waals surface area contributed by atoms with Gasteiger partial charge >= 0.3 is 0 Å².